The van der Waals surface area contributed by atoms with Gasteiger partial charge < -0.3 is 10.7 Å². The fraction of sp³-hybridized carbons (Fsp3) is 0.333. The molecule has 0 fully saturated rings. The Morgan fingerprint density at radius 3 is 2.55 bits per heavy atom. The predicted molar refractivity (Wildman–Crippen MR) is 44.1 cm³/mol. The van der Waals surface area contributed by atoms with Crippen LogP contribution in [-0.2, 0) is 0 Å². The Morgan fingerprint density at radius 2 is 2.00 bits per heavy atom. The molecule has 0 aliphatic carbocycles. The maximum atomic E-state index is 5.21. The lowest BCUT2D eigenvalue weighted by atomic mass is 10.3. The number of hydrogen-bond acceptors (Lipinski definition) is 5. The Labute approximate surface area is 65.0 Å². The van der Waals surface area contributed by atoms with Gasteiger partial charge in [-0.2, -0.15) is 0 Å². The minimum Gasteiger partial charge on any atom is -0.373 e. The van der Waals surface area contributed by atoms with Crippen LogP contribution in [0.3, 0.4) is 0 Å². The van der Waals surface area contributed by atoms with Crippen LogP contribution in [0.1, 0.15) is 5.56 Å². The molecule has 0 bridgehead atoms. The highest BCUT2D eigenvalue weighted by Gasteiger charge is 2.02. The number of aromatic nitrogens is 2. The molecule has 0 radical (unpaired) electrons. The summed E-state index contributed by atoms with van der Waals surface area (Å²) in [7, 11) is 1.80. The van der Waals surface area contributed by atoms with E-state index in [1.165, 1.54) is 6.33 Å². The zero-order valence-corrected chi connectivity index (χ0v) is 6.55. The molecule has 0 saturated carbocycles. The van der Waals surface area contributed by atoms with Crippen molar-refractivity contribution in [3.63, 3.8) is 0 Å². The van der Waals surface area contributed by atoms with Crippen LogP contribution in [0.4, 0.5) is 11.6 Å². The van der Waals surface area contributed by atoms with Gasteiger partial charge in [0.2, 0.25) is 0 Å². The molecule has 1 aromatic rings. The van der Waals surface area contributed by atoms with E-state index in [9.17, 15) is 0 Å². The van der Waals surface area contributed by atoms with Gasteiger partial charge in [0.05, 0.1) is 0 Å². The molecule has 0 spiro atoms. The second kappa shape index (κ2) is 3.16. The molecule has 11 heavy (non-hydrogen) atoms. The second-order valence-corrected chi connectivity index (χ2v) is 2.09. The fourth-order valence-electron chi connectivity index (χ4n) is 0.848. The first-order valence-corrected chi connectivity index (χ1v) is 3.25. The number of nitrogens with zero attached hydrogens (tertiary/aromatic N) is 2. The number of rotatable bonds is 2. The molecule has 5 heteroatoms. The van der Waals surface area contributed by atoms with Gasteiger partial charge >= 0.3 is 0 Å². The fourth-order valence-corrected chi connectivity index (χ4v) is 0.848. The van der Waals surface area contributed by atoms with Crippen molar-refractivity contribution in [2.45, 2.75) is 6.92 Å². The van der Waals surface area contributed by atoms with E-state index in [1.807, 2.05) is 6.92 Å². The second-order valence-electron chi connectivity index (χ2n) is 2.09. The van der Waals surface area contributed by atoms with E-state index in [-0.39, 0.29) is 0 Å². The van der Waals surface area contributed by atoms with E-state index in [0.717, 1.165) is 11.4 Å². The number of hydrazine groups is 1. The van der Waals surface area contributed by atoms with Crippen LogP contribution in [0.2, 0.25) is 0 Å². The van der Waals surface area contributed by atoms with Crippen molar-refractivity contribution >= 4 is 11.6 Å². The maximum absolute atomic E-state index is 5.21. The summed E-state index contributed by atoms with van der Waals surface area (Å²) in [5.41, 5.74) is 3.39. The standard InChI is InChI=1S/C6H11N5/c1-4-5(8-2)9-3-10-6(4)11-7/h3H,7H2,1-2H3,(H2,8,9,10,11). The molecule has 1 heterocycles. The lowest BCUT2D eigenvalue weighted by molar-refractivity contribution is 1.10. The number of nitrogen functional groups attached to an aromatic ring is 1. The van der Waals surface area contributed by atoms with Gasteiger partial charge in [-0.05, 0) is 6.92 Å². The molecule has 0 aliphatic rings. The Kier molecular flexibility index (Phi) is 2.22. The molecule has 1 rings (SSSR count). The summed E-state index contributed by atoms with van der Waals surface area (Å²) in [6.45, 7) is 1.89. The Bertz CT molecular complexity index is 224. The minimum absolute atomic E-state index is 0.643. The summed E-state index contributed by atoms with van der Waals surface area (Å²) >= 11 is 0. The quantitative estimate of drug-likeness (QED) is 0.415. The topological polar surface area (TPSA) is 75.9 Å². The molecule has 0 amide bonds. The van der Waals surface area contributed by atoms with Gasteiger partial charge in [0.1, 0.15) is 18.0 Å². The zero-order valence-electron chi connectivity index (χ0n) is 6.55. The highest BCUT2D eigenvalue weighted by atomic mass is 15.3. The number of hydrogen-bond donors (Lipinski definition) is 3. The summed E-state index contributed by atoms with van der Waals surface area (Å²) in [6, 6.07) is 0. The average Bonchev–Trinajstić information content (AvgIpc) is 2.05. The monoisotopic (exact) mass is 153 g/mol. The lowest BCUT2D eigenvalue weighted by Crippen LogP contribution is -2.11. The summed E-state index contributed by atoms with van der Waals surface area (Å²) < 4.78 is 0. The SMILES string of the molecule is CNc1ncnc(NN)c1C. The van der Waals surface area contributed by atoms with E-state index in [2.05, 4.69) is 20.7 Å². The van der Waals surface area contributed by atoms with Crippen molar-refractivity contribution in [1.82, 2.24) is 9.97 Å². The van der Waals surface area contributed by atoms with Gasteiger partial charge in [-0.1, -0.05) is 0 Å². The van der Waals surface area contributed by atoms with Crippen LogP contribution in [-0.4, -0.2) is 17.0 Å². The van der Waals surface area contributed by atoms with Gasteiger partial charge in [-0.3, -0.25) is 0 Å². The molecule has 4 N–H and O–H groups in total. The summed E-state index contributed by atoms with van der Waals surface area (Å²) in [5.74, 6) is 6.63. The van der Waals surface area contributed by atoms with Crippen molar-refractivity contribution in [2.24, 2.45) is 5.84 Å². The Balaban J connectivity index is 3.10. The molecule has 0 aromatic carbocycles. The van der Waals surface area contributed by atoms with E-state index < -0.39 is 0 Å². The van der Waals surface area contributed by atoms with Gasteiger partial charge in [0, 0.05) is 12.6 Å². The molecule has 1 aromatic heterocycles. The highest BCUT2D eigenvalue weighted by Crippen LogP contribution is 2.15. The summed E-state index contributed by atoms with van der Waals surface area (Å²) in [5, 5.41) is 2.92. The number of nitrogens with one attached hydrogen (secondary N) is 2. The van der Waals surface area contributed by atoms with Crippen molar-refractivity contribution in [3.05, 3.63) is 11.9 Å². The Morgan fingerprint density at radius 1 is 1.36 bits per heavy atom. The molecular formula is C6H11N5. The van der Waals surface area contributed by atoms with Crippen molar-refractivity contribution in [2.75, 3.05) is 17.8 Å². The third-order valence-electron chi connectivity index (χ3n) is 1.46. The van der Waals surface area contributed by atoms with Crippen LogP contribution in [0.5, 0.6) is 0 Å². The van der Waals surface area contributed by atoms with Crippen molar-refractivity contribution in [3.8, 4) is 0 Å². The van der Waals surface area contributed by atoms with Crippen molar-refractivity contribution < 1.29 is 0 Å². The van der Waals surface area contributed by atoms with Crippen molar-refractivity contribution in [1.29, 1.82) is 0 Å². The van der Waals surface area contributed by atoms with E-state index in [1.54, 1.807) is 7.05 Å². The van der Waals surface area contributed by atoms with Crippen LogP contribution in [0, 0.1) is 6.92 Å². The first kappa shape index (κ1) is 7.74. The number of anilines is 2. The smallest absolute Gasteiger partial charge is 0.148 e. The van der Waals surface area contributed by atoms with Gasteiger partial charge in [0.25, 0.3) is 0 Å². The molecule has 60 valence electrons. The first-order valence-electron chi connectivity index (χ1n) is 3.25. The van der Waals surface area contributed by atoms with Gasteiger partial charge in [-0.25, -0.2) is 15.8 Å². The summed E-state index contributed by atoms with van der Waals surface area (Å²) in [4.78, 5) is 7.91. The van der Waals surface area contributed by atoms with Crippen LogP contribution in [0.25, 0.3) is 0 Å². The number of nitrogens with two attached hydrogens (primary N) is 1. The van der Waals surface area contributed by atoms with E-state index in [4.69, 9.17) is 5.84 Å². The maximum Gasteiger partial charge on any atom is 0.148 e. The Hall–Kier alpha value is -1.36. The largest absolute Gasteiger partial charge is 0.373 e. The van der Waals surface area contributed by atoms with Crippen LogP contribution >= 0.6 is 0 Å². The minimum atomic E-state index is 0.643. The third kappa shape index (κ3) is 1.38. The molecule has 0 saturated heterocycles. The zero-order chi connectivity index (χ0) is 8.27. The van der Waals surface area contributed by atoms with E-state index in [0.29, 0.717) is 5.82 Å². The third-order valence-corrected chi connectivity index (χ3v) is 1.46. The van der Waals surface area contributed by atoms with Crippen LogP contribution in [0.15, 0.2) is 6.33 Å². The molecule has 0 unspecified atom stereocenters. The van der Waals surface area contributed by atoms with Gasteiger partial charge in [-0.15, -0.1) is 0 Å². The summed E-state index contributed by atoms with van der Waals surface area (Å²) in [6.07, 6.45) is 1.45. The van der Waals surface area contributed by atoms with E-state index >= 15 is 0 Å². The van der Waals surface area contributed by atoms with Crippen LogP contribution < -0.4 is 16.6 Å². The van der Waals surface area contributed by atoms with Gasteiger partial charge in [0.15, 0.2) is 0 Å². The molecule has 0 atom stereocenters. The normalized spacial score (nSPS) is 9.36. The lowest BCUT2D eigenvalue weighted by Gasteiger charge is -2.06. The first-order chi connectivity index (χ1) is 5.29. The average molecular weight is 153 g/mol. The molecular weight excluding hydrogens is 142 g/mol. The highest BCUT2D eigenvalue weighted by molar-refractivity contribution is 5.55. The molecule has 5 nitrogen and oxygen atoms in total. The molecule has 0 aliphatic heterocycles. The predicted octanol–water partition coefficient (Wildman–Crippen LogP) is 0.112.